The average molecular weight is 663 g/mol. The smallest absolute Gasteiger partial charge is 0.406 e. The van der Waals surface area contributed by atoms with Crippen LogP contribution in [0.5, 0.6) is 5.75 Å². The van der Waals surface area contributed by atoms with E-state index in [1.807, 2.05) is 49.4 Å². The molecule has 13 heteroatoms. The fraction of sp³-hybridized carbons (Fsp3) is 0.324. The molecule has 1 aromatic heterocycles. The van der Waals surface area contributed by atoms with Gasteiger partial charge in [-0.3, -0.25) is 9.69 Å². The molecule has 0 spiro atoms. The Morgan fingerprint density at radius 1 is 1.06 bits per heavy atom. The molecular weight excluding hydrogens is 629 g/mol. The van der Waals surface area contributed by atoms with Crippen LogP contribution in [0.2, 0.25) is 0 Å². The van der Waals surface area contributed by atoms with Gasteiger partial charge in [0.15, 0.2) is 11.0 Å². The summed E-state index contributed by atoms with van der Waals surface area (Å²) in [6.07, 6.45) is -0.598. The number of benzene rings is 3. The van der Waals surface area contributed by atoms with Gasteiger partial charge in [-0.2, -0.15) is 4.99 Å². The fourth-order valence-electron chi connectivity index (χ4n) is 6.30. The predicted molar refractivity (Wildman–Crippen MR) is 175 cm³/mol. The Morgan fingerprint density at radius 3 is 2.51 bits per heavy atom. The molecule has 2 unspecified atom stereocenters. The number of ether oxygens (including phenoxy) is 1. The summed E-state index contributed by atoms with van der Waals surface area (Å²) in [4.78, 5) is 36.5. The zero-order valence-electron chi connectivity index (χ0n) is 26.0. The fourth-order valence-corrected chi connectivity index (χ4v) is 7.16. The molecule has 2 heterocycles. The van der Waals surface area contributed by atoms with E-state index in [0.29, 0.717) is 16.7 Å². The van der Waals surface area contributed by atoms with Crippen molar-refractivity contribution in [1.29, 1.82) is 0 Å². The summed E-state index contributed by atoms with van der Waals surface area (Å²) in [5, 5.41) is 7.96. The Hall–Kier alpha value is -4.65. The molecule has 3 aromatic carbocycles. The highest BCUT2D eigenvalue weighted by Crippen LogP contribution is 2.37. The van der Waals surface area contributed by atoms with Crippen LogP contribution in [0.1, 0.15) is 61.6 Å². The van der Waals surface area contributed by atoms with Crippen molar-refractivity contribution >= 4 is 34.6 Å². The lowest BCUT2D eigenvalue weighted by Gasteiger charge is -2.24. The van der Waals surface area contributed by atoms with E-state index in [1.54, 1.807) is 4.90 Å². The van der Waals surface area contributed by atoms with Gasteiger partial charge in [0, 0.05) is 17.5 Å². The third-order valence-corrected chi connectivity index (χ3v) is 9.25. The van der Waals surface area contributed by atoms with Crippen molar-refractivity contribution < 1.29 is 27.5 Å². The van der Waals surface area contributed by atoms with E-state index in [9.17, 15) is 22.8 Å². The number of amidine groups is 1. The van der Waals surface area contributed by atoms with Gasteiger partial charge in [0.05, 0.1) is 17.1 Å². The predicted octanol–water partition coefficient (Wildman–Crippen LogP) is 7.75. The van der Waals surface area contributed by atoms with Crippen molar-refractivity contribution in [2.24, 2.45) is 4.99 Å². The van der Waals surface area contributed by atoms with E-state index in [0.717, 1.165) is 47.2 Å². The zero-order valence-corrected chi connectivity index (χ0v) is 26.8. The maximum atomic E-state index is 13.2. The maximum absolute atomic E-state index is 13.2. The van der Waals surface area contributed by atoms with Gasteiger partial charge in [-0.05, 0) is 72.7 Å². The Bertz CT molecular complexity index is 1810. The first-order valence-electron chi connectivity index (χ1n) is 15.3. The van der Waals surface area contributed by atoms with E-state index in [1.165, 1.54) is 47.0 Å². The molecule has 1 aliphatic heterocycles. The zero-order chi connectivity index (χ0) is 33.3. The summed E-state index contributed by atoms with van der Waals surface area (Å²) < 4.78 is 42.8. The number of amides is 3. The lowest BCUT2D eigenvalue weighted by molar-refractivity contribution is -0.274. The van der Waals surface area contributed by atoms with Gasteiger partial charge in [-0.15, -0.1) is 18.3 Å². The topological polar surface area (TPSA) is 102 Å². The molecule has 1 aliphatic carbocycles. The van der Waals surface area contributed by atoms with Crippen LogP contribution in [0.25, 0.3) is 17.1 Å². The summed E-state index contributed by atoms with van der Waals surface area (Å²) in [5.74, 6) is 0.561. The number of carbonyl (C=O) groups excluding carboxylic acids is 2. The number of hydrogen-bond acceptors (Lipinski definition) is 6. The molecule has 47 heavy (non-hydrogen) atoms. The van der Waals surface area contributed by atoms with Crippen LogP contribution in [-0.2, 0) is 4.79 Å². The quantitative estimate of drug-likeness (QED) is 0.217. The maximum Gasteiger partial charge on any atom is 0.573 e. The van der Waals surface area contributed by atoms with E-state index < -0.39 is 12.4 Å². The van der Waals surface area contributed by atoms with Gasteiger partial charge < -0.3 is 10.1 Å². The second-order valence-electron chi connectivity index (χ2n) is 11.8. The van der Waals surface area contributed by atoms with Crippen molar-refractivity contribution in [1.82, 2.24) is 20.1 Å². The van der Waals surface area contributed by atoms with Crippen LogP contribution >= 0.6 is 11.8 Å². The number of anilines is 1. The van der Waals surface area contributed by atoms with Crippen LogP contribution in [0.3, 0.4) is 0 Å². The molecule has 1 saturated heterocycles. The van der Waals surface area contributed by atoms with Gasteiger partial charge in [-0.1, -0.05) is 68.4 Å². The Morgan fingerprint density at radius 2 is 1.81 bits per heavy atom. The van der Waals surface area contributed by atoms with Crippen molar-refractivity contribution in [3.8, 4) is 22.8 Å². The summed E-state index contributed by atoms with van der Waals surface area (Å²) in [5.41, 5.74) is 5.29. The summed E-state index contributed by atoms with van der Waals surface area (Å²) in [7, 11) is 0. The molecule has 6 rings (SSSR count). The summed E-state index contributed by atoms with van der Waals surface area (Å²) >= 11 is 1.27. The number of aliphatic imine (C=N–C) groups is 1. The summed E-state index contributed by atoms with van der Waals surface area (Å²) in [6.45, 7) is 6.19. The standard InChI is InChI=1S/C34H33F3N6O3S/c1-20(2)30-21(3)6-4-9-28(30)43-29(44)18-47-33(43)40-32(45)39-27-8-5-7-26(27)22-10-12-23(13-11-22)31-38-19-42(41-31)24-14-16-25(17-15-24)46-34(35,36)37/h4,6,9-17,19-20,26-27H,5,7-8,18H2,1-3H3,(H,39,45)/b40-33-. The molecule has 2 aliphatic rings. The number of thioether (sulfide) groups is 1. The minimum atomic E-state index is -4.76. The minimum Gasteiger partial charge on any atom is -0.406 e. The van der Waals surface area contributed by atoms with E-state index in [-0.39, 0.29) is 35.3 Å². The molecule has 0 radical (unpaired) electrons. The number of hydrogen-bond donors (Lipinski definition) is 1. The third-order valence-electron chi connectivity index (χ3n) is 8.33. The van der Waals surface area contributed by atoms with Gasteiger partial charge in [-0.25, -0.2) is 14.5 Å². The second-order valence-corrected chi connectivity index (χ2v) is 12.8. The Balaban J connectivity index is 1.13. The lowest BCUT2D eigenvalue weighted by atomic mass is 9.93. The number of nitrogens with zero attached hydrogens (tertiary/aromatic N) is 5. The second kappa shape index (κ2) is 13.2. The van der Waals surface area contributed by atoms with E-state index >= 15 is 0 Å². The lowest BCUT2D eigenvalue weighted by Crippen LogP contribution is -2.37. The highest BCUT2D eigenvalue weighted by Gasteiger charge is 2.34. The number of urea groups is 1. The highest BCUT2D eigenvalue weighted by atomic mass is 32.2. The van der Waals surface area contributed by atoms with Crippen LogP contribution in [0.4, 0.5) is 23.7 Å². The van der Waals surface area contributed by atoms with Crippen LogP contribution < -0.4 is 15.0 Å². The van der Waals surface area contributed by atoms with Crippen LogP contribution in [-0.4, -0.2) is 50.0 Å². The monoisotopic (exact) mass is 662 g/mol. The Labute approximate surface area is 274 Å². The number of nitrogens with one attached hydrogen (secondary N) is 1. The van der Waals surface area contributed by atoms with E-state index in [4.69, 9.17) is 0 Å². The molecular formula is C34H33F3N6O3S. The van der Waals surface area contributed by atoms with E-state index in [2.05, 4.69) is 39.0 Å². The van der Waals surface area contributed by atoms with Crippen LogP contribution in [0, 0.1) is 6.92 Å². The Kier molecular flexibility index (Phi) is 9.09. The van der Waals surface area contributed by atoms with Gasteiger partial charge in [0.1, 0.15) is 12.1 Å². The molecule has 4 aromatic rings. The number of rotatable bonds is 7. The number of aromatic nitrogens is 3. The molecule has 244 valence electrons. The van der Waals surface area contributed by atoms with Gasteiger partial charge in [0.2, 0.25) is 5.91 Å². The van der Waals surface area contributed by atoms with Crippen molar-refractivity contribution in [2.75, 3.05) is 10.7 Å². The number of alkyl halides is 3. The average Bonchev–Trinajstić information content (AvgIpc) is 3.77. The molecule has 0 bridgehead atoms. The first kappa shape index (κ1) is 32.3. The molecule has 2 fully saturated rings. The first-order chi connectivity index (χ1) is 22.5. The number of aryl methyl sites for hydroxylation is 1. The normalized spacial score (nSPS) is 19.2. The molecule has 1 saturated carbocycles. The third kappa shape index (κ3) is 7.19. The number of halogens is 3. The van der Waals surface area contributed by atoms with Crippen molar-refractivity contribution in [3.05, 3.63) is 89.7 Å². The van der Waals surface area contributed by atoms with Crippen molar-refractivity contribution in [3.63, 3.8) is 0 Å². The minimum absolute atomic E-state index is 0.0921. The molecule has 3 amide bonds. The largest absolute Gasteiger partial charge is 0.573 e. The number of carbonyl (C=O) groups is 2. The van der Waals surface area contributed by atoms with Crippen LogP contribution in [0.15, 0.2) is 78.0 Å². The molecule has 1 N–H and O–H groups in total. The van der Waals surface area contributed by atoms with Gasteiger partial charge in [0.25, 0.3) is 0 Å². The van der Waals surface area contributed by atoms with Gasteiger partial charge >= 0.3 is 12.4 Å². The summed E-state index contributed by atoms with van der Waals surface area (Å²) in [6, 6.07) is 18.5. The SMILES string of the molecule is Cc1cccc(N2C(=O)CS/C2=N\C(=O)NC2CCCC2c2ccc(-c3ncn(-c4ccc(OC(F)(F)F)cc4)n3)cc2)c1C(C)C. The highest BCUT2D eigenvalue weighted by molar-refractivity contribution is 8.15. The van der Waals surface area contributed by atoms with Crippen molar-refractivity contribution in [2.45, 2.75) is 64.3 Å². The first-order valence-corrected chi connectivity index (χ1v) is 16.3. The molecule has 9 nitrogen and oxygen atoms in total. The molecule has 2 atom stereocenters.